The smallest absolute Gasteiger partial charge is 0.378 e. The van der Waals surface area contributed by atoms with Crippen LogP contribution in [-0.4, -0.2) is 43.0 Å². The highest BCUT2D eigenvalue weighted by Gasteiger charge is 2.42. The Morgan fingerprint density at radius 1 is 1.46 bits per heavy atom. The Bertz CT molecular complexity index is 243. The summed E-state index contributed by atoms with van der Waals surface area (Å²) in [6.07, 6.45) is 0. The molecule has 0 aromatic carbocycles. The lowest BCUT2D eigenvalue weighted by Gasteiger charge is -2.27. The zero-order valence-electron chi connectivity index (χ0n) is 6.80. The van der Waals surface area contributed by atoms with E-state index >= 15 is 0 Å². The topological polar surface area (TPSA) is 53.3 Å². The fraction of sp³-hybridized carbons (Fsp3) is 0.714. The summed E-state index contributed by atoms with van der Waals surface area (Å²) in [6.45, 7) is 0.729. The Labute approximate surface area is 73.7 Å². The molecule has 0 N–H and O–H groups in total. The van der Waals surface area contributed by atoms with Crippen LogP contribution in [0.4, 0.5) is 8.78 Å². The molecule has 0 unspecified atom stereocenters. The molecule has 0 aromatic heterocycles. The van der Waals surface area contributed by atoms with E-state index in [0.29, 0.717) is 6.07 Å². The molecular formula is C7H8F2N2O2. The van der Waals surface area contributed by atoms with Crippen molar-refractivity contribution in [1.29, 1.82) is 5.26 Å². The molecule has 0 radical (unpaired) electrons. The summed E-state index contributed by atoms with van der Waals surface area (Å²) >= 11 is 0. The second-order valence-corrected chi connectivity index (χ2v) is 2.59. The molecule has 0 saturated carbocycles. The predicted molar refractivity (Wildman–Crippen MR) is 38.0 cm³/mol. The molecule has 1 rings (SSSR count). The van der Waals surface area contributed by atoms with E-state index in [1.54, 1.807) is 0 Å². The highest BCUT2D eigenvalue weighted by atomic mass is 19.3. The maximum absolute atomic E-state index is 12.5. The molecule has 0 atom stereocenters. The molecule has 72 valence electrons. The van der Waals surface area contributed by atoms with Crippen molar-refractivity contribution in [2.75, 3.05) is 26.3 Å². The highest BCUT2D eigenvalue weighted by Crippen LogP contribution is 2.16. The average Bonchev–Trinajstić information content (AvgIpc) is 2.18. The van der Waals surface area contributed by atoms with Gasteiger partial charge in [-0.25, -0.2) is 0 Å². The first-order valence-corrected chi connectivity index (χ1v) is 3.74. The number of hydrogen-bond acceptors (Lipinski definition) is 3. The number of carbonyl (C=O) groups is 1. The van der Waals surface area contributed by atoms with Gasteiger partial charge in [0.25, 0.3) is 0 Å². The minimum absolute atomic E-state index is 0.121. The van der Waals surface area contributed by atoms with Crippen LogP contribution in [0.25, 0.3) is 0 Å². The van der Waals surface area contributed by atoms with Gasteiger partial charge in [-0.2, -0.15) is 14.0 Å². The van der Waals surface area contributed by atoms with Gasteiger partial charge in [-0.3, -0.25) is 4.79 Å². The van der Waals surface area contributed by atoms with Gasteiger partial charge in [-0.1, -0.05) is 0 Å². The Kier molecular flexibility index (Phi) is 2.78. The van der Waals surface area contributed by atoms with Gasteiger partial charge in [-0.05, 0) is 0 Å². The normalized spacial score (nSPS) is 18.1. The molecule has 0 aliphatic carbocycles. The number of nitriles is 1. The SMILES string of the molecule is N#CC(F)(F)C(=O)N1CCOCC1. The van der Waals surface area contributed by atoms with Crippen LogP contribution in [0, 0.1) is 11.3 Å². The molecule has 6 heteroatoms. The van der Waals surface area contributed by atoms with E-state index < -0.39 is 11.8 Å². The minimum atomic E-state index is -3.91. The van der Waals surface area contributed by atoms with E-state index in [-0.39, 0.29) is 26.3 Å². The maximum Gasteiger partial charge on any atom is 0.408 e. The summed E-state index contributed by atoms with van der Waals surface area (Å²) < 4.78 is 30.0. The first-order valence-electron chi connectivity index (χ1n) is 3.74. The highest BCUT2D eigenvalue weighted by molar-refractivity contribution is 5.86. The van der Waals surface area contributed by atoms with Crippen molar-refractivity contribution >= 4 is 5.91 Å². The summed E-state index contributed by atoms with van der Waals surface area (Å²) in [7, 11) is 0. The van der Waals surface area contributed by atoms with Crippen LogP contribution in [0.3, 0.4) is 0 Å². The second kappa shape index (κ2) is 3.66. The largest absolute Gasteiger partial charge is 0.408 e. The number of nitrogens with zero attached hydrogens (tertiary/aromatic N) is 2. The van der Waals surface area contributed by atoms with E-state index in [1.165, 1.54) is 0 Å². The summed E-state index contributed by atoms with van der Waals surface area (Å²) in [4.78, 5) is 11.9. The number of morpholine rings is 1. The molecule has 1 aliphatic rings. The van der Waals surface area contributed by atoms with E-state index in [0.717, 1.165) is 4.90 Å². The molecule has 1 fully saturated rings. The fourth-order valence-electron chi connectivity index (χ4n) is 1.01. The standard InChI is InChI=1S/C7H8F2N2O2/c8-7(9,5-10)6(12)11-1-3-13-4-2-11/h1-4H2. The van der Waals surface area contributed by atoms with Crippen molar-refractivity contribution < 1.29 is 18.3 Å². The van der Waals surface area contributed by atoms with Crippen LogP contribution in [0.1, 0.15) is 0 Å². The Morgan fingerprint density at radius 2 is 2.00 bits per heavy atom. The molecule has 4 nitrogen and oxygen atoms in total. The maximum atomic E-state index is 12.5. The van der Waals surface area contributed by atoms with Gasteiger partial charge < -0.3 is 9.64 Å². The minimum Gasteiger partial charge on any atom is -0.378 e. The zero-order valence-corrected chi connectivity index (χ0v) is 6.80. The van der Waals surface area contributed by atoms with Crippen LogP contribution in [-0.2, 0) is 9.53 Å². The molecule has 1 aliphatic heterocycles. The van der Waals surface area contributed by atoms with E-state index in [9.17, 15) is 13.6 Å². The van der Waals surface area contributed by atoms with E-state index in [1.807, 2.05) is 0 Å². The third-order valence-corrected chi connectivity index (χ3v) is 1.71. The van der Waals surface area contributed by atoms with Crippen LogP contribution >= 0.6 is 0 Å². The first kappa shape index (κ1) is 9.86. The van der Waals surface area contributed by atoms with Gasteiger partial charge in [0.1, 0.15) is 6.07 Å². The molecule has 0 bridgehead atoms. The molecule has 13 heavy (non-hydrogen) atoms. The van der Waals surface area contributed by atoms with Crippen molar-refractivity contribution in [3.8, 4) is 6.07 Å². The number of hydrogen-bond donors (Lipinski definition) is 0. The molecular weight excluding hydrogens is 182 g/mol. The van der Waals surface area contributed by atoms with E-state index in [4.69, 9.17) is 10.00 Å². The lowest BCUT2D eigenvalue weighted by Crippen LogP contribution is -2.48. The van der Waals surface area contributed by atoms with Crippen molar-refractivity contribution in [3.05, 3.63) is 0 Å². The lowest BCUT2D eigenvalue weighted by atomic mass is 10.3. The number of carbonyl (C=O) groups excluding carboxylic acids is 1. The van der Waals surface area contributed by atoms with E-state index in [2.05, 4.69) is 0 Å². The fourth-order valence-corrected chi connectivity index (χ4v) is 1.01. The molecule has 1 heterocycles. The second-order valence-electron chi connectivity index (χ2n) is 2.59. The number of halogens is 2. The van der Waals surface area contributed by atoms with Crippen LogP contribution in [0.2, 0.25) is 0 Å². The summed E-state index contributed by atoms with van der Waals surface area (Å²) in [5, 5.41) is 8.02. The first-order chi connectivity index (χ1) is 6.08. The molecule has 1 amide bonds. The third-order valence-electron chi connectivity index (χ3n) is 1.71. The van der Waals surface area contributed by atoms with Gasteiger partial charge in [-0.15, -0.1) is 0 Å². The number of ether oxygens (including phenoxy) is 1. The average molecular weight is 190 g/mol. The van der Waals surface area contributed by atoms with Gasteiger partial charge in [0, 0.05) is 13.1 Å². The van der Waals surface area contributed by atoms with Gasteiger partial charge in [0.05, 0.1) is 13.2 Å². The Balaban J connectivity index is 2.61. The molecule has 0 aromatic rings. The van der Waals surface area contributed by atoms with Gasteiger partial charge >= 0.3 is 11.8 Å². The monoisotopic (exact) mass is 190 g/mol. The quantitative estimate of drug-likeness (QED) is 0.585. The Morgan fingerprint density at radius 3 is 2.46 bits per heavy atom. The number of rotatable bonds is 1. The summed E-state index contributed by atoms with van der Waals surface area (Å²) in [5.74, 6) is -5.34. The van der Waals surface area contributed by atoms with Crippen LogP contribution < -0.4 is 0 Å². The van der Waals surface area contributed by atoms with Gasteiger partial charge in [0.2, 0.25) is 0 Å². The molecule has 0 spiro atoms. The third kappa shape index (κ3) is 2.12. The number of alkyl halides is 2. The van der Waals surface area contributed by atoms with Crippen molar-refractivity contribution in [2.24, 2.45) is 0 Å². The lowest BCUT2D eigenvalue weighted by molar-refractivity contribution is -0.154. The predicted octanol–water partition coefficient (Wildman–Crippen LogP) is 0.00408. The summed E-state index contributed by atoms with van der Waals surface area (Å²) in [5.41, 5.74) is 0. The Hall–Kier alpha value is -1.22. The van der Waals surface area contributed by atoms with Gasteiger partial charge in [0.15, 0.2) is 0 Å². The molecule has 1 saturated heterocycles. The van der Waals surface area contributed by atoms with Crippen LogP contribution in [0.5, 0.6) is 0 Å². The number of amides is 1. The van der Waals surface area contributed by atoms with Crippen molar-refractivity contribution in [1.82, 2.24) is 4.90 Å². The van der Waals surface area contributed by atoms with Crippen LogP contribution in [0.15, 0.2) is 0 Å². The van der Waals surface area contributed by atoms with Crippen molar-refractivity contribution in [2.45, 2.75) is 5.92 Å². The van der Waals surface area contributed by atoms with Crippen molar-refractivity contribution in [3.63, 3.8) is 0 Å². The zero-order chi connectivity index (χ0) is 9.90. The summed E-state index contributed by atoms with van der Waals surface area (Å²) in [6, 6.07) is 0.673.